The molecule has 1 aromatic rings. The maximum absolute atomic E-state index is 12.6. The zero-order valence-corrected chi connectivity index (χ0v) is 13.3. The van der Waals surface area contributed by atoms with Gasteiger partial charge in [-0.3, -0.25) is 9.59 Å². The average molecular weight is 324 g/mol. The van der Waals surface area contributed by atoms with Gasteiger partial charge in [-0.1, -0.05) is 40.4 Å². The molecular formula is C16H15Cl2NO2. The fourth-order valence-electron chi connectivity index (χ4n) is 3.15. The van der Waals surface area contributed by atoms with E-state index in [-0.39, 0.29) is 28.7 Å². The molecule has 2 aliphatic rings. The lowest BCUT2D eigenvalue weighted by molar-refractivity contribution is -0.122. The van der Waals surface area contributed by atoms with Crippen LogP contribution in [0.15, 0.2) is 29.3 Å². The second kappa shape index (κ2) is 5.15. The maximum Gasteiger partial charge on any atom is 0.238 e. The number of nitrogens with zero attached hydrogens (tertiary/aromatic N) is 1. The monoisotopic (exact) mass is 323 g/mol. The van der Waals surface area contributed by atoms with E-state index >= 15 is 0 Å². The molecule has 2 amide bonds. The highest BCUT2D eigenvalue weighted by Crippen LogP contribution is 2.44. The van der Waals surface area contributed by atoms with Crippen molar-refractivity contribution in [3.63, 3.8) is 0 Å². The molecule has 0 radical (unpaired) electrons. The summed E-state index contributed by atoms with van der Waals surface area (Å²) in [6.45, 7) is 4.05. The Balaban J connectivity index is 2.02. The zero-order valence-electron chi connectivity index (χ0n) is 11.8. The van der Waals surface area contributed by atoms with Crippen molar-refractivity contribution in [2.45, 2.75) is 26.7 Å². The molecule has 0 bridgehead atoms. The summed E-state index contributed by atoms with van der Waals surface area (Å²) in [7, 11) is 0. The molecule has 1 aliphatic heterocycles. The molecule has 3 rings (SSSR count). The Bertz CT molecular complexity index is 649. The number of carbonyl (C=O) groups excluding carboxylic acids is 2. The smallest absolute Gasteiger partial charge is 0.238 e. The minimum absolute atomic E-state index is 0.166. The molecule has 1 fully saturated rings. The molecule has 0 spiro atoms. The first-order valence-electron chi connectivity index (χ1n) is 6.89. The van der Waals surface area contributed by atoms with Gasteiger partial charge in [0.2, 0.25) is 11.8 Å². The standard InChI is InChI=1S/C16H15Cl2NO2/c1-8-6-10-11(7-9(8)2)16(21)19(15(10)20)13-5-3-4-12(17)14(13)18/h3-5,10-11H,6-7H2,1-2H3/t10-,11-/m1/s1. The largest absolute Gasteiger partial charge is 0.274 e. The predicted molar refractivity (Wildman–Crippen MR) is 83.5 cm³/mol. The number of benzene rings is 1. The maximum atomic E-state index is 12.6. The molecule has 5 heteroatoms. The van der Waals surface area contributed by atoms with Gasteiger partial charge in [0.25, 0.3) is 0 Å². The second-order valence-corrected chi connectivity index (χ2v) is 6.55. The fourth-order valence-corrected chi connectivity index (χ4v) is 3.53. The molecule has 0 saturated carbocycles. The molecule has 0 N–H and O–H groups in total. The number of amides is 2. The van der Waals surface area contributed by atoms with E-state index in [2.05, 4.69) is 0 Å². The molecule has 1 aliphatic carbocycles. The minimum atomic E-state index is -0.267. The Hall–Kier alpha value is -1.32. The van der Waals surface area contributed by atoms with E-state index < -0.39 is 0 Å². The van der Waals surface area contributed by atoms with Gasteiger partial charge >= 0.3 is 0 Å². The van der Waals surface area contributed by atoms with E-state index in [1.54, 1.807) is 18.2 Å². The number of halogens is 2. The lowest BCUT2D eigenvalue weighted by Gasteiger charge is -2.23. The van der Waals surface area contributed by atoms with Gasteiger partial charge < -0.3 is 0 Å². The van der Waals surface area contributed by atoms with Crippen LogP contribution in [-0.2, 0) is 9.59 Å². The molecule has 0 unspecified atom stereocenters. The second-order valence-electron chi connectivity index (χ2n) is 5.77. The highest BCUT2D eigenvalue weighted by Gasteiger charge is 2.50. The van der Waals surface area contributed by atoms with Crippen LogP contribution in [0.25, 0.3) is 0 Å². The van der Waals surface area contributed by atoms with Gasteiger partial charge in [-0.25, -0.2) is 4.90 Å². The van der Waals surface area contributed by atoms with E-state index in [1.165, 1.54) is 16.0 Å². The molecule has 1 heterocycles. The van der Waals surface area contributed by atoms with E-state index in [9.17, 15) is 9.59 Å². The summed E-state index contributed by atoms with van der Waals surface area (Å²) in [5, 5.41) is 0.594. The van der Waals surface area contributed by atoms with E-state index in [4.69, 9.17) is 23.2 Å². The van der Waals surface area contributed by atoms with Gasteiger partial charge in [0, 0.05) is 0 Å². The van der Waals surface area contributed by atoms with Crippen LogP contribution >= 0.6 is 23.2 Å². The van der Waals surface area contributed by atoms with Crippen molar-refractivity contribution in [2.24, 2.45) is 11.8 Å². The Morgan fingerprint density at radius 1 is 1.00 bits per heavy atom. The first-order valence-corrected chi connectivity index (χ1v) is 7.64. The van der Waals surface area contributed by atoms with Crippen LogP contribution in [0.2, 0.25) is 10.0 Å². The average Bonchev–Trinajstić information content (AvgIpc) is 2.67. The summed E-state index contributed by atoms with van der Waals surface area (Å²) < 4.78 is 0. The van der Waals surface area contributed by atoms with E-state index in [1.807, 2.05) is 13.8 Å². The van der Waals surface area contributed by atoms with Crippen molar-refractivity contribution in [1.29, 1.82) is 0 Å². The Labute approximate surface area is 133 Å². The lowest BCUT2D eigenvalue weighted by atomic mass is 9.78. The zero-order chi connectivity index (χ0) is 15.3. The molecule has 1 aromatic carbocycles. The number of allylic oxidation sites excluding steroid dienone is 2. The molecule has 0 aromatic heterocycles. The molecular weight excluding hydrogens is 309 g/mol. The third-order valence-electron chi connectivity index (χ3n) is 4.51. The predicted octanol–water partition coefficient (Wildman–Crippen LogP) is 4.23. The van der Waals surface area contributed by atoms with Crippen LogP contribution in [0.3, 0.4) is 0 Å². The Morgan fingerprint density at radius 3 is 2.05 bits per heavy atom. The Kier molecular flexibility index (Phi) is 3.58. The summed E-state index contributed by atoms with van der Waals surface area (Å²) >= 11 is 12.2. The number of imide groups is 1. The molecule has 21 heavy (non-hydrogen) atoms. The van der Waals surface area contributed by atoms with Crippen LogP contribution in [0.4, 0.5) is 5.69 Å². The van der Waals surface area contributed by atoms with Crippen LogP contribution in [0.5, 0.6) is 0 Å². The number of anilines is 1. The normalized spacial score (nSPS) is 25.6. The van der Waals surface area contributed by atoms with Crippen molar-refractivity contribution >= 4 is 40.7 Å². The summed E-state index contributed by atoms with van der Waals surface area (Å²) in [6.07, 6.45) is 1.30. The van der Waals surface area contributed by atoms with E-state index in [0.29, 0.717) is 23.6 Å². The van der Waals surface area contributed by atoms with Crippen LogP contribution < -0.4 is 4.90 Å². The summed E-state index contributed by atoms with van der Waals surface area (Å²) in [6, 6.07) is 5.00. The number of carbonyl (C=O) groups is 2. The molecule has 2 atom stereocenters. The first-order chi connectivity index (χ1) is 9.91. The third-order valence-corrected chi connectivity index (χ3v) is 5.32. The van der Waals surface area contributed by atoms with Crippen LogP contribution in [0, 0.1) is 11.8 Å². The number of hydrogen-bond acceptors (Lipinski definition) is 2. The fraction of sp³-hybridized carbons (Fsp3) is 0.375. The number of fused-ring (bicyclic) bond motifs is 1. The number of hydrogen-bond donors (Lipinski definition) is 0. The van der Waals surface area contributed by atoms with Crippen LogP contribution in [0.1, 0.15) is 26.7 Å². The van der Waals surface area contributed by atoms with Gasteiger partial charge in [-0.15, -0.1) is 0 Å². The first kappa shape index (κ1) is 14.6. The van der Waals surface area contributed by atoms with Crippen molar-refractivity contribution in [1.82, 2.24) is 0 Å². The highest BCUT2D eigenvalue weighted by molar-refractivity contribution is 6.44. The quantitative estimate of drug-likeness (QED) is 0.573. The third kappa shape index (κ3) is 2.19. The van der Waals surface area contributed by atoms with Gasteiger partial charge in [-0.05, 0) is 38.8 Å². The SMILES string of the molecule is CC1=C(C)C[C@H]2C(=O)N(c3cccc(Cl)c3Cl)C(=O)[C@@H]2C1. The van der Waals surface area contributed by atoms with Crippen molar-refractivity contribution in [3.05, 3.63) is 39.4 Å². The van der Waals surface area contributed by atoms with Gasteiger partial charge in [0.15, 0.2) is 0 Å². The van der Waals surface area contributed by atoms with Crippen molar-refractivity contribution < 1.29 is 9.59 Å². The van der Waals surface area contributed by atoms with E-state index in [0.717, 1.165) is 0 Å². The Morgan fingerprint density at radius 2 is 1.52 bits per heavy atom. The van der Waals surface area contributed by atoms with Gasteiger partial charge in [-0.2, -0.15) is 0 Å². The summed E-state index contributed by atoms with van der Waals surface area (Å²) in [5.41, 5.74) is 2.80. The minimum Gasteiger partial charge on any atom is -0.274 e. The molecule has 3 nitrogen and oxygen atoms in total. The summed E-state index contributed by atoms with van der Waals surface area (Å²) in [5.74, 6) is -0.866. The molecule has 110 valence electrons. The van der Waals surface area contributed by atoms with Crippen molar-refractivity contribution in [3.8, 4) is 0 Å². The van der Waals surface area contributed by atoms with Crippen molar-refractivity contribution in [2.75, 3.05) is 4.90 Å². The summed E-state index contributed by atoms with van der Waals surface area (Å²) in [4.78, 5) is 26.5. The lowest BCUT2D eigenvalue weighted by Crippen LogP contribution is -2.31. The highest BCUT2D eigenvalue weighted by atomic mass is 35.5. The van der Waals surface area contributed by atoms with Crippen LogP contribution in [-0.4, -0.2) is 11.8 Å². The van der Waals surface area contributed by atoms with Gasteiger partial charge in [0.05, 0.1) is 27.6 Å². The molecule has 1 saturated heterocycles. The van der Waals surface area contributed by atoms with Gasteiger partial charge in [0.1, 0.15) is 0 Å². The topological polar surface area (TPSA) is 37.4 Å². The number of rotatable bonds is 1.